The predicted molar refractivity (Wildman–Crippen MR) is 71.6 cm³/mol. The first-order valence-corrected chi connectivity index (χ1v) is 6.92. The van der Waals surface area contributed by atoms with Crippen molar-refractivity contribution in [3.8, 4) is 0 Å². The van der Waals surface area contributed by atoms with E-state index in [0.717, 1.165) is 13.0 Å². The maximum absolute atomic E-state index is 5.74. The standard InChI is InChI=1S/C11H25N3S/c1-11(2,3)14-10(12)13-8-6-5-7-9-15-4/h5-9H2,1-4H3,(H3,12,13,14). The highest BCUT2D eigenvalue weighted by atomic mass is 32.2. The van der Waals surface area contributed by atoms with Crippen LogP contribution in [0.5, 0.6) is 0 Å². The molecule has 3 N–H and O–H groups in total. The highest BCUT2D eigenvalue weighted by molar-refractivity contribution is 7.98. The molecule has 0 heterocycles. The van der Waals surface area contributed by atoms with Gasteiger partial charge >= 0.3 is 0 Å². The van der Waals surface area contributed by atoms with Crippen LogP contribution in [0.4, 0.5) is 0 Å². The van der Waals surface area contributed by atoms with Gasteiger partial charge in [-0.15, -0.1) is 0 Å². The zero-order chi connectivity index (χ0) is 11.7. The summed E-state index contributed by atoms with van der Waals surface area (Å²) in [6, 6.07) is 0. The molecule has 0 fully saturated rings. The molecule has 3 nitrogen and oxygen atoms in total. The Labute approximate surface area is 98.3 Å². The third kappa shape index (κ3) is 11.5. The first kappa shape index (κ1) is 14.6. The van der Waals surface area contributed by atoms with Gasteiger partial charge in [-0.05, 0) is 45.6 Å². The molecule has 0 rings (SSSR count). The Morgan fingerprint density at radius 2 is 1.93 bits per heavy atom. The molecule has 0 amide bonds. The van der Waals surface area contributed by atoms with Crippen LogP contribution in [0.15, 0.2) is 4.99 Å². The van der Waals surface area contributed by atoms with Crippen LogP contribution >= 0.6 is 11.8 Å². The molecule has 0 aliphatic rings. The quantitative estimate of drug-likeness (QED) is 0.419. The van der Waals surface area contributed by atoms with E-state index in [1.807, 2.05) is 11.8 Å². The van der Waals surface area contributed by atoms with Crippen molar-refractivity contribution in [2.75, 3.05) is 18.6 Å². The van der Waals surface area contributed by atoms with Crippen molar-refractivity contribution in [1.82, 2.24) is 5.32 Å². The zero-order valence-electron chi connectivity index (χ0n) is 10.5. The van der Waals surface area contributed by atoms with Crippen LogP contribution < -0.4 is 11.1 Å². The van der Waals surface area contributed by atoms with Gasteiger partial charge in [-0.1, -0.05) is 6.42 Å². The Morgan fingerprint density at radius 1 is 1.27 bits per heavy atom. The summed E-state index contributed by atoms with van der Waals surface area (Å²) in [5.74, 6) is 1.81. The van der Waals surface area contributed by atoms with Crippen molar-refractivity contribution in [3.05, 3.63) is 0 Å². The second-order valence-electron chi connectivity index (χ2n) is 4.70. The molecule has 0 aromatic heterocycles. The summed E-state index contributed by atoms with van der Waals surface area (Å²) >= 11 is 1.90. The third-order valence-corrected chi connectivity index (χ3v) is 2.49. The summed E-state index contributed by atoms with van der Waals surface area (Å²) < 4.78 is 0. The van der Waals surface area contributed by atoms with E-state index in [9.17, 15) is 0 Å². The fraction of sp³-hybridized carbons (Fsp3) is 0.909. The topological polar surface area (TPSA) is 50.4 Å². The number of nitrogens with zero attached hydrogens (tertiary/aromatic N) is 1. The molecule has 0 atom stereocenters. The zero-order valence-corrected chi connectivity index (χ0v) is 11.3. The molecule has 0 saturated heterocycles. The van der Waals surface area contributed by atoms with Gasteiger partial charge in [0.25, 0.3) is 0 Å². The fourth-order valence-corrected chi connectivity index (χ4v) is 1.65. The molecule has 90 valence electrons. The van der Waals surface area contributed by atoms with E-state index < -0.39 is 0 Å². The van der Waals surface area contributed by atoms with Crippen molar-refractivity contribution >= 4 is 17.7 Å². The maximum atomic E-state index is 5.74. The molecule has 0 aromatic carbocycles. The van der Waals surface area contributed by atoms with Crippen LogP contribution in [0.3, 0.4) is 0 Å². The van der Waals surface area contributed by atoms with Crippen LogP contribution in [-0.4, -0.2) is 30.1 Å². The number of hydrogen-bond acceptors (Lipinski definition) is 2. The number of hydrogen-bond donors (Lipinski definition) is 2. The minimum absolute atomic E-state index is 0.00638. The number of thioether (sulfide) groups is 1. The molecule has 15 heavy (non-hydrogen) atoms. The molecule has 0 aromatic rings. The number of unbranched alkanes of at least 4 members (excludes halogenated alkanes) is 2. The summed E-state index contributed by atoms with van der Waals surface area (Å²) in [6.45, 7) is 7.07. The minimum atomic E-state index is 0.00638. The number of nitrogens with two attached hydrogens (primary N) is 1. The summed E-state index contributed by atoms with van der Waals surface area (Å²) in [7, 11) is 0. The number of rotatable bonds is 6. The molecule has 0 bridgehead atoms. The van der Waals surface area contributed by atoms with Gasteiger partial charge in [0.15, 0.2) is 5.96 Å². The van der Waals surface area contributed by atoms with E-state index >= 15 is 0 Å². The molecule has 0 spiro atoms. The van der Waals surface area contributed by atoms with E-state index in [2.05, 4.69) is 37.3 Å². The Kier molecular flexibility index (Phi) is 7.65. The van der Waals surface area contributed by atoms with Crippen LogP contribution in [0.2, 0.25) is 0 Å². The predicted octanol–water partition coefficient (Wildman–Crippen LogP) is 2.22. The lowest BCUT2D eigenvalue weighted by Gasteiger charge is -2.20. The van der Waals surface area contributed by atoms with Gasteiger partial charge < -0.3 is 11.1 Å². The Morgan fingerprint density at radius 3 is 2.47 bits per heavy atom. The van der Waals surface area contributed by atoms with Crippen LogP contribution in [0.25, 0.3) is 0 Å². The molecule has 0 saturated carbocycles. The molecular formula is C11H25N3S. The summed E-state index contributed by atoms with van der Waals surface area (Å²) in [5.41, 5.74) is 5.74. The van der Waals surface area contributed by atoms with E-state index in [4.69, 9.17) is 5.73 Å². The smallest absolute Gasteiger partial charge is 0.188 e. The molecule has 0 aliphatic carbocycles. The van der Waals surface area contributed by atoms with Gasteiger partial charge in [-0.25, -0.2) is 0 Å². The molecule has 4 heteroatoms. The van der Waals surface area contributed by atoms with Gasteiger partial charge in [0, 0.05) is 12.1 Å². The normalized spacial score (nSPS) is 12.9. The van der Waals surface area contributed by atoms with Crippen molar-refractivity contribution in [3.63, 3.8) is 0 Å². The summed E-state index contributed by atoms with van der Waals surface area (Å²) in [6.07, 6.45) is 5.80. The van der Waals surface area contributed by atoms with Crippen molar-refractivity contribution < 1.29 is 0 Å². The molecule has 0 aliphatic heterocycles. The lowest BCUT2D eigenvalue weighted by atomic mass is 10.1. The van der Waals surface area contributed by atoms with E-state index in [0.29, 0.717) is 5.96 Å². The Balaban J connectivity index is 3.50. The second-order valence-corrected chi connectivity index (χ2v) is 5.68. The first-order valence-electron chi connectivity index (χ1n) is 5.53. The molecule has 0 unspecified atom stereocenters. The highest BCUT2D eigenvalue weighted by Crippen LogP contribution is 2.02. The molecular weight excluding hydrogens is 206 g/mol. The van der Waals surface area contributed by atoms with E-state index in [1.54, 1.807) is 0 Å². The minimum Gasteiger partial charge on any atom is -0.370 e. The van der Waals surface area contributed by atoms with Crippen molar-refractivity contribution in [2.24, 2.45) is 10.7 Å². The maximum Gasteiger partial charge on any atom is 0.188 e. The van der Waals surface area contributed by atoms with Gasteiger partial charge in [0.05, 0.1) is 0 Å². The number of aliphatic imine (C=N–C) groups is 1. The second kappa shape index (κ2) is 7.85. The summed E-state index contributed by atoms with van der Waals surface area (Å²) in [5, 5.41) is 3.14. The number of nitrogens with one attached hydrogen (secondary N) is 1. The Hall–Kier alpha value is -0.380. The highest BCUT2D eigenvalue weighted by Gasteiger charge is 2.09. The third-order valence-electron chi connectivity index (χ3n) is 1.79. The van der Waals surface area contributed by atoms with Gasteiger partial charge in [-0.3, -0.25) is 4.99 Å². The summed E-state index contributed by atoms with van der Waals surface area (Å²) in [4.78, 5) is 4.28. The van der Waals surface area contributed by atoms with Crippen molar-refractivity contribution in [1.29, 1.82) is 0 Å². The lowest BCUT2D eigenvalue weighted by Crippen LogP contribution is -2.45. The van der Waals surface area contributed by atoms with E-state index in [1.165, 1.54) is 18.6 Å². The Bertz CT molecular complexity index is 185. The number of guanidine groups is 1. The van der Waals surface area contributed by atoms with E-state index in [-0.39, 0.29) is 5.54 Å². The SMILES string of the molecule is CSCCCCCN=C(N)NC(C)(C)C. The average Bonchev–Trinajstić information content (AvgIpc) is 2.08. The van der Waals surface area contributed by atoms with Crippen LogP contribution in [-0.2, 0) is 0 Å². The van der Waals surface area contributed by atoms with Crippen molar-refractivity contribution in [2.45, 2.75) is 45.6 Å². The van der Waals surface area contributed by atoms with Gasteiger partial charge in [0.1, 0.15) is 0 Å². The average molecular weight is 231 g/mol. The van der Waals surface area contributed by atoms with Crippen LogP contribution in [0, 0.1) is 0 Å². The lowest BCUT2D eigenvalue weighted by molar-refractivity contribution is 0.508. The van der Waals surface area contributed by atoms with Gasteiger partial charge in [-0.2, -0.15) is 11.8 Å². The largest absolute Gasteiger partial charge is 0.370 e. The monoisotopic (exact) mass is 231 g/mol. The fourth-order valence-electron chi connectivity index (χ4n) is 1.16. The first-order chi connectivity index (χ1) is 6.95. The molecule has 0 radical (unpaired) electrons. The van der Waals surface area contributed by atoms with Gasteiger partial charge in [0.2, 0.25) is 0 Å². The van der Waals surface area contributed by atoms with Crippen LogP contribution in [0.1, 0.15) is 40.0 Å².